The summed E-state index contributed by atoms with van der Waals surface area (Å²) in [6, 6.07) is 15.3. The fourth-order valence-corrected chi connectivity index (χ4v) is 3.25. The van der Waals surface area contributed by atoms with Crippen LogP contribution in [0.2, 0.25) is 0 Å². The van der Waals surface area contributed by atoms with Gasteiger partial charge in [0.15, 0.2) is 11.5 Å². The van der Waals surface area contributed by atoms with Crippen molar-refractivity contribution in [1.29, 1.82) is 0 Å². The van der Waals surface area contributed by atoms with E-state index in [9.17, 15) is 0 Å². The molecule has 3 aromatic rings. The monoisotopic (exact) mass is 393 g/mol. The molecule has 0 N–H and O–H groups in total. The van der Waals surface area contributed by atoms with Crippen LogP contribution in [0.15, 0.2) is 65.6 Å². The number of hydrogen-bond acceptors (Lipinski definition) is 6. The number of hydrogen-bond donors (Lipinski definition) is 0. The number of ether oxygens (including phenoxy) is 4. The van der Waals surface area contributed by atoms with E-state index >= 15 is 0 Å². The smallest absolute Gasteiger partial charge is 0.226 e. The number of aromatic nitrogens is 1. The molecule has 0 unspecified atom stereocenters. The lowest BCUT2D eigenvalue weighted by atomic mass is 10.1. The predicted octanol–water partition coefficient (Wildman–Crippen LogP) is 4.62. The minimum atomic E-state index is -0.945. The molecule has 1 aromatic heterocycles. The Morgan fingerprint density at radius 2 is 1.86 bits per heavy atom. The number of oxazole rings is 1. The van der Waals surface area contributed by atoms with Crippen molar-refractivity contribution in [2.24, 2.45) is 0 Å². The van der Waals surface area contributed by atoms with Crippen molar-refractivity contribution < 1.29 is 23.4 Å². The highest BCUT2D eigenvalue weighted by Gasteiger charge is 2.36. The highest BCUT2D eigenvalue weighted by atomic mass is 16.7. The number of rotatable bonds is 7. The van der Waals surface area contributed by atoms with E-state index in [1.165, 1.54) is 0 Å². The molecule has 0 saturated carbocycles. The molecule has 0 aliphatic carbocycles. The first-order valence-electron chi connectivity index (χ1n) is 9.40. The molecule has 4 rings (SSSR count). The predicted molar refractivity (Wildman–Crippen MR) is 108 cm³/mol. The van der Waals surface area contributed by atoms with Gasteiger partial charge < -0.3 is 23.4 Å². The van der Waals surface area contributed by atoms with Gasteiger partial charge in [0.05, 0.1) is 20.3 Å². The zero-order chi connectivity index (χ0) is 20.3. The van der Waals surface area contributed by atoms with Crippen LogP contribution in [0, 0.1) is 6.92 Å². The summed E-state index contributed by atoms with van der Waals surface area (Å²) < 4.78 is 28.8. The second-order valence-electron chi connectivity index (χ2n) is 6.61. The molecular formula is C23H23NO5. The van der Waals surface area contributed by atoms with E-state index in [4.69, 9.17) is 23.4 Å². The lowest BCUT2D eigenvalue weighted by molar-refractivity contribution is -0.123. The minimum absolute atomic E-state index is 0.261. The second-order valence-corrected chi connectivity index (χ2v) is 6.61. The molecule has 1 aliphatic rings. The van der Waals surface area contributed by atoms with E-state index in [1.54, 1.807) is 13.2 Å². The summed E-state index contributed by atoms with van der Waals surface area (Å²) >= 11 is 0. The first-order chi connectivity index (χ1) is 14.1. The molecule has 0 radical (unpaired) electrons. The first-order valence-corrected chi connectivity index (χ1v) is 9.40. The van der Waals surface area contributed by atoms with Crippen molar-refractivity contribution in [3.05, 3.63) is 78.2 Å². The van der Waals surface area contributed by atoms with Crippen molar-refractivity contribution in [3.63, 3.8) is 0 Å². The molecule has 1 saturated heterocycles. The van der Waals surface area contributed by atoms with Gasteiger partial charge >= 0.3 is 0 Å². The van der Waals surface area contributed by atoms with Gasteiger partial charge in [-0.05, 0) is 43.3 Å². The standard InChI is InChI=1S/C23H23NO5/c1-4-23(27-12-13-28-23)18-10-11-20(21(14-18)25-3)26-15-19-16(2)29-22(24-19)17-8-6-5-7-9-17/h4-11,14H,1,12-13,15H2,2-3H3. The molecule has 0 atom stereocenters. The van der Waals surface area contributed by atoms with Crippen molar-refractivity contribution in [2.45, 2.75) is 19.3 Å². The van der Waals surface area contributed by atoms with Crippen LogP contribution in [-0.2, 0) is 21.9 Å². The zero-order valence-corrected chi connectivity index (χ0v) is 16.5. The summed E-state index contributed by atoms with van der Waals surface area (Å²) in [5.74, 6) is 1.52. The van der Waals surface area contributed by atoms with Gasteiger partial charge in [0.25, 0.3) is 0 Å². The Morgan fingerprint density at radius 1 is 1.10 bits per heavy atom. The lowest BCUT2D eigenvalue weighted by Crippen LogP contribution is -2.23. The average Bonchev–Trinajstić information content (AvgIpc) is 3.40. The van der Waals surface area contributed by atoms with Crippen molar-refractivity contribution in [2.75, 3.05) is 20.3 Å². The maximum atomic E-state index is 5.97. The molecule has 29 heavy (non-hydrogen) atoms. The van der Waals surface area contributed by atoms with E-state index in [2.05, 4.69) is 11.6 Å². The van der Waals surface area contributed by atoms with E-state index < -0.39 is 5.79 Å². The van der Waals surface area contributed by atoms with E-state index in [-0.39, 0.29) is 6.61 Å². The summed E-state index contributed by atoms with van der Waals surface area (Å²) in [4.78, 5) is 4.57. The molecule has 0 amide bonds. The van der Waals surface area contributed by atoms with Crippen molar-refractivity contribution >= 4 is 0 Å². The van der Waals surface area contributed by atoms with E-state index in [0.29, 0.717) is 30.6 Å². The fourth-order valence-electron chi connectivity index (χ4n) is 3.25. The Kier molecular flexibility index (Phi) is 5.38. The Labute approximate surface area is 169 Å². The molecule has 6 nitrogen and oxygen atoms in total. The first kappa shape index (κ1) is 19.2. The van der Waals surface area contributed by atoms with Crippen LogP contribution in [0.3, 0.4) is 0 Å². The molecule has 150 valence electrons. The molecular weight excluding hydrogens is 370 g/mol. The van der Waals surface area contributed by atoms with Gasteiger partial charge in [-0.3, -0.25) is 0 Å². The van der Waals surface area contributed by atoms with E-state index in [1.807, 2.05) is 55.5 Å². The Bertz CT molecular complexity index is 990. The average molecular weight is 393 g/mol. The summed E-state index contributed by atoms with van der Waals surface area (Å²) in [5.41, 5.74) is 2.47. The third kappa shape index (κ3) is 3.77. The van der Waals surface area contributed by atoms with Gasteiger partial charge in [0, 0.05) is 11.1 Å². The van der Waals surface area contributed by atoms with Crippen LogP contribution in [-0.4, -0.2) is 25.3 Å². The maximum Gasteiger partial charge on any atom is 0.226 e. The second kappa shape index (κ2) is 8.11. The summed E-state index contributed by atoms with van der Waals surface area (Å²) in [6.45, 7) is 7.01. The zero-order valence-electron chi connectivity index (χ0n) is 16.5. The molecule has 2 heterocycles. The maximum absolute atomic E-state index is 5.97. The largest absolute Gasteiger partial charge is 0.493 e. The van der Waals surface area contributed by atoms with Crippen molar-refractivity contribution in [3.8, 4) is 23.0 Å². The lowest BCUT2D eigenvalue weighted by Gasteiger charge is -2.24. The number of methoxy groups -OCH3 is 1. The van der Waals surface area contributed by atoms with Crippen molar-refractivity contribution in [1.82, 2.24) is 4.98 Å². The van der Waals surface area contributed by atoms with Crippen LogP contribution in [0.1, 0.15) is 17.0 Å². The van der Waals surface area contributed by atoms with Gasteiger partial charge in [-0.25, -0.2) is 4.98 Å². The Hall–Kier alpha value is -3.09. The van der Waals surface area contributed by atoms with Crippen LogP contribution in [0.25, 0.3) is 11.5 Å². The van der Waals surface area contributed by atoms with E-state index in [0.717, 1.165) is 22.6 Å². The molecule has 2 aromatic carbocycles. The highest BCUT2D eigenvalue weighted by molar-refractivity contribution is 5.53. The topological polar surface area (TPSA) is 63.0 Å². The van der Waals surface area contributed by atoms with Gasteiger partial charge in [-0.2, -0.15) is 0 Å². The third-order valence-corrected chi connectivity index (χ3v) is 4.83. The molecule has 1 aliphatic heterocycles. The van der Waals surface area contributed by atoms with Gasteiger partial charge in [-0.15, -0.1) is 0 Å². The van der Waals surface area contributed by atoms with Gasteiger partial charge in [0.2, 0.25) is 11.7 Å². The van der Waals surface area contributed by atoms with Crippen LogP contribution >= 0.6 is 0 Å². The molecule has 6 heteroatoms. The Morgan fingerprint density at radius 3 is 2.55 bits per heavy atom. The van der Waals surface area contributed by atoms with Crippen LogP contribution in [0.5, 0.6) is 11.5 Å². The fraction of sp³-hybridized carbons (Fsp3) is 0.261. The summed E-state index contributed by atoms with van der Waals surface area (Å²) in [5, 5.41) is 0. The summed E-state index contributed by atoms with van der Waals surface area (Å²) in [7, 11) is 1.60. The normalized spacial score (nSPS) is 15.2. The Balaban J connectivity index is 1.53. The SMILES string of the molecule is C=CC1(c2ccc(OCc3nc(-c4ccccc4)oc3C)c(OC)c2)OCCO1. The van der Waals surface area contributed by atoms with Crippen LogP contribution in [0.4, 0.5) is 0 Å². The van der Waals surface area contributed by atoms with Gasteiger partial charge in [0.1, 0.15) is 18.1 Å². The summed E-state index contributed by atoms with van der Waals surface area (Å²) in [6.07, 6.45) is 1.65. The molecule has 0 spiro atoms. The van der Waals surface area contributed by atoms with Crippen LogP contribution < -0.4 is 9.47 Å². The number of benzene rings is 2. The molecule has 1 fully saturated rings. The number of nitrogens with zero attached hydrogens (tertiary/aromatic N) is 1. The molecule has 0 bridgehead atoms. The minimum Gasteiger partial charge on any atom is -0.493 e. The quantitative estimate of drug-likeness (QED) is 0.546. The third-order valence-electron chi connectivity index (χ3n) is 4.83. The number of aryl methyl sites for hydroxylation is 1. The highest BCUT2D eigenvalue weighted by Crippen LogP contribution is 2.38. The van der Waals surface area contributed by atoms with Gasteiger partial charge in [-0.1, -0.05) is 24.8 Å².